The highest BCUT2D eigenvalue weighted by Gasteiger charge is 2.33. The quantitative estimate of drug-likeness (QED) is 0.655. The summed E-state index contributed by atoms with van der Waals surface area (Å²) in [7, 11) is 1.85. The molecule has 1 atom stereocenters. The Morgan fingerprint density at radius 1 is 1.36 bits per heavy atom. The van der Waals surface area contributed by atoms with Crippen LogP contribution in [0, 0.1) is 5.82 Å². The van der Waals surface area contributed by atoms with Crippen LogP contribution >= 0.6 is 11.6 Å². The van der Waals surface area contributed by atoms with Crippen molar-refractivity contribution in [2.75, 3.05) is 26.2 Å². The van der Waals surface area contributed by atoms with E-state index in [2.05, 4.69) is 15.3 Å². The van der Waals surface area contributed by atoms with Crippen LogP contribution < -0.4 is 10.1 Å². The van der Waals surface area contributed by atoms with Crippen molar-refractivity contribution in [2.24, 2.45) is 7.05 Å². The van der Waals surface area contributed by atoms with Gasteiger partial charge in [0.15, 0.2) is 0 Å². The third kappa shape index (κ3) is 2.57. The van der Waals surface area contributed by atoms with Crippen molar-refractivity contribution in [1.82, 2.24) is 20.0 Å². The molecular formula is C20H20ClFN4O2. The monoisotopic (exact) mass is 402 g/mol. The lowest BCUT2D eigenvalue weighted by molar-refractivity contribution is 0.120. The number of piperazine rings is 1. The third-order valence-electron chi connectivity index (χ3n) is 5.68. The number of aromatic nitrogens is 2. The first-order valence-corrected chi connectivity index (χ1v) is 9.65. The Morgan fingerprint density at radius 3 is 3.04 bits per heavy atom. The van der Waals surface area contributed by atoms with Gasteiger partial charge in [-0.25, -0.2) is 4.39 Å². The zero-order valence-electron chi connectivity index (χ0n) is 15.4. The summed E-state index contributed by atoms with van der Waals surface area (Å²) < 4.78 is 22.6. The second kappa shape index (κ2) is 6.62. The number of ether oxygens (including phenoxy) is 1. The van der Waals surface area contributed by atoms with Crippen LogP contribution in [0.1, 0.15) is 5.56 Å². The summed E-state index contributed by atoms with van der Waals surface area (Å²) in [6.45, 7) is 3.86. The fraction of sp³-hybridized carbons (Fsp3) is 0.350. The van der Waals surface area contributed by atoms with Crippen molar-refractivity contribution in [3.05, 3.63) is 40.8 Å². The lowest BCUT2D eigenvalue weighted by atomic mass is 9.96. The summed E-state index contributed by atoms with van der Waals surface area (Å²) in [5.74, 6) is -0.158. The highest BCUT2D eigenvalue weighted by molar-refractivity contribution is 6.37. The highest BCUT2D eigenvalue weighted by Crippen LogP contribution is 2.48. The third-order valence-corrected chi connectivity index (χ3v) is 6.04. The van der Waals surface area contributed by atoms with E-state index in [0.717, 1.165) is 30.7 Å². The molecule has 6 nitrogen and oxygen atoms in total. The van der Waals surface area contributed by atoms with E-state index in [1.807, 2.05) is 7.05 Å². The number of nitrogens with one attached hydrogen (secondary N) is 1. The zero-order valence-corrected chi connectivity index (χ0v) is 16.1. The Balaban J connectivity index is 1.81. The number of phenols is 1. The number of nitrogens with zero attached hydrogens (tertiary/aromatic N) is 3. The number of fused-ring (bicyclic) bond motifs is 4. The maximum Gasteiger partial charge on any atom is 0.145 e. The van der Waals surface area contributed by atoms with E-state index >= 15 is 0 Å². The maximum atomic E-state index is 14.7. The first-order valence-electron chi connectivity index (χ1n) is 9.27. The van der Waals surface area contributed by atoms with E-state index < -0.39 is 5.82 Å². The number of benzene rings is 2. The van der Waals surface area contributed by atoms with Crippen molar-refractivity contribution < 1.29 is 14.2 Å². The van der Waals surface area contributed by atoms with Gasteiger partial charge in [0.1, 0.15) is 23.9 Å². The first-order chi connectivity index (χ1) is 13.6. The van der Waals surface area contributed by atoms with Crippen LogP contribution in [0.15, 0.2) is 24.4 Å². The minimum Gasteiger partial charge on any atom is -0.507 e. The van der Waals surface area contributed by atoms with E-state index in [1.54, 1.807) is 10.9 Å². The van der Waals surface area contributed by atoms with Gasteiger partial charge in [-0.05, 0) is 12.1 Å². The number of halogens is 2. The molecule has 1 aromatic heterocycles. The van der Waals surface area contributed by atoms with E-state index in [9.17, 15) is 9.50 Å². The van der Waals surface area contributed by atoms with Gasteiger partial charge in [0.25, 0.3) is 0 Å². The summed E-state index contributed by atoms with van der Waals surface area (Å²) in [5, 5.41) is 19.2. The fourth-order valence-corrected chi connectivity index (χ4v) is 4.67. The molecule has 2 aliphatic rings. The Labute approximate surface area is 166 Å². The first kappa shape index (κ1) is 17.7. The number of hydrogen-bond acceptors (Lipinski definition) is 5. The summed E-state index contributed by atoms with van der Waals surface area (Å²) in [6, 6.07) is 4.47. The topological polar surface area (TPSA) is 62.5 Å². The van der Waals surface area contributed by atoms with Crippen molar-refractivity contribution in [1.29, 1.82) is 0 Å². The van der Waals surface area contributed by atoms with Gasteiger partial charge >= 0.3 is 0 Å². The van der Waals surface area contributed by atoms with Gasteiger partial charge in [0, 0.05) is 49.7 Å². The van der Waals surface area contributed by atoms with E-state index in [1.165, 1.54) is 18.2 Å². The average Bonchev–Trinajstić information content (AvgIpc) is 2.94. The molecule has 0 bridgehead atoms. The number of aromatic hydroxyl groups is 1. The minimum absolute atomic E-state index is 0.0699. The van der Waals surface area contributed by atoms with Crippen LogP contribution in [-0.2, 0) is 13.6 Å². The Kier molecular flexibility index (Phi) is 4.19. The van der Waals surface area contributed by atoms with Crippen LogP contribution in [0.25, 0.3) is 22.0 Å². The summed E-state index contributed by atoms with van der Waals surface area (Å²) in [4.78, 5) is 2.38. The van der Waals surface area contributed by atoms with Crippen LogP contribution in [0.5, 0.6) is 11.5 Å². The molecule has 0 spiro atoms. The second-order valence-electron chi connectivity index (χ2n) is 7.30. The minimum atomic E-state index is -0.540. The van der Waals surface area contributed by atoms with Gasteiger partial charge in [-0.3, -0.25) is 9.58 Å². The molecule has 0 saturated carbocycles. The van der Waals surface area contributed by atoms with Gasteiger partial charge in [0.05, 0.1) is 28.3 Å². The normalized spacial score (nSPS) is 19.8. The largest absolute Gasteiger partial charge is 0.507 e. The molecule has 0 amide bonds. The highest BCUT2D eigenvalue weighted by atomic mass is 35.5. The molecule has 1 unspecified atom stereocenters. The molecule has 0 aliphatic carbocycles. The maximum absolute atomic E-state index is 14.7. The lowest BCUT2D eigenvalue weighted by Gasteiger charge is -2.33. The van der Waals surface area contributed by atoms with Gasteiger partial charge in [-0.15, -0.1) is 0 Å². The van der Waals surface area contributed by atoms with E-state index in [-0.39, 0.29) is 17.4 Å². The molecule has 146 valence electrons. The van der Waals surface area contributed by atoms with E-state index in [4.69, 9.17) is 16.3 Å². The van der Waals surface area contributed by atoms with Gasteiger partial charge in [-0.1, -0.05) is 17.7 Å². The van der Waals surface area contributed by atoms with E-state index in [0.29, 0.717) is 34.9 Å². The van der Waals surface area contributed by atoms with Crippen LogP contribution in [0.3, 0.4) is 0 Å². The standard InChI is InChI=1S/C20H20ClFN4O2/c1-25-19-12(8-24-25)16(17-14(22)3-2-4-15(17)27)18(21)20-13(19)9-26-6-5-23-7-11(26)10-28-20/h2-4,8,11,23,27H,5-7,9-10H2,1H3. The number of phenolic OH excluding ortho intramolecular Hbond substituents is 1. The number of rotatable bonds is 1. The second-order valence-corrected chi connectivity index (χ2v) is 7.68. The molecule has 8 heteroatoms. The molecule has 5 rings (SSSR count). The van der Waals surface area contributed by atoms with Gasteiger partial charge < -0.3 is 15.2 Å². The van der Waals surface area contributed by atoms with Crippen LogP contribution in [-0.4, -0.2) is 52.1 Å². The van der Waals surface area contributed by atoms with Crippen LogP contribution in [0.4, 0.5) is 4.39 Å². The SMILES string of the molecule is Cn1ncc2c(-c3c(O)cccc3F)c(Cl)c3c(c21)CN1CCNCC1CO3. The average molecular weight is 403 g/mol. The Morgan fingerprint density at radius 2 is 2.21 bits per heavy atom. The molecule has 2 aliphatic heterocycles. The number of aryl methyl sites for hydroxylation is 1. The molecule has 1 fully saturated rings. The van der Waals surface area contributed by atoms with Crippen molar-refractivity contribution in [3.63, 3.8) is 0 Å². The molecule has 1 saturated heterocycles. The van der Waals surface area contributed by atoms with Gasteiger partial charge in [0.2, 0.25) is 0 Å². The lowest BCUT2D eigenvalue weighted by Crippen LogP contribution is -2.52. The number of hydrogen-bond donors (Lipinski definition) is 2. The zero-order chi connectivity index (χ0) is 19.4. The van der Waals surface area contributed by atoms with Crippen molar-refractivity contribution >= 4 is 22.5 Å². The summed E-state index contributed by atoms with van der Waals surface area (Å²) >= 11 is 6.79. The van der Waals surface area contributed by atoms with Gasteiger partial charge in [-0.2, -0.15) is 5.10 Å². The van der Waals surface area contributed by atoms with Crippen LogP contribution in [0.2, 0.25) is 5.02 Å². The summed E-state index contributed by atoms with van der Waals surface area (Å²) in [6.07, 6.45) is 1.67. The smallest absolute Gasteiger partial charge is 0.145 e. The Bertz CT molecular complexity index is 1060. The fourth-order valence-electron chi connectivity index (χ4n) is 4.31. The molecule has 2 aromatic carbocycles. The Hall–Kier alpha value is -2.35. The molecule has 2 N–H and O–H groups in total. The van der Waals surface area contributed by atoms with Crippen molar-refractivity contribution in [2.45, 2.75) is 12.6 Å². The van der Waals surface area contributed by atoms with Crippen molar-refractivity contribution in [3.8, 4) is 22.6 Å². The molecule has 3 aromatic rings. The predicted molar refractivity (Wildman–Crippen MR) is 105 cm³/mol. The molecule has 3 heterocycles. The molecule has 0 radical (unpaired) electrons. The molecule has 28 heavy (non-hydrogen) atoms. The molecular weight excluding hydrogens is 383 g/mol. The summed E-state index contributed by atoms with van der Waals surface area (Å²) in [5.41, 5.74) is 2.28. The predicted octanol–water partition coefficient (Wildman–Crippen LogP) is 2.90.